The molecule has 1 fully saturated rings. The highest BCUT2D eigenvalue weighted by Crippen LogP contribution is 2.35. The number of aromatic carboxylic acids is 1. The first-order valence-corrected chi connectivity index (χ1v) is 7.42. The molecule has 2 aromatic rings. The van der Waals surface area contributed by atoms with Gasteiger partial charge >= 0.3 is 5.97 Å². The largest absolute Gasteiger partial charge is 0.477 e. The van der Waals surface area contributed by atoms with Crippen molar-refractivity contribution in [2.45, 2.75) is 25.8 Å². The molecular formula is C14H15N3O2S. The maximum absolute atomic E-state index is 11.0. The fourth-order valence-electron chi connectivity index (χ4n) is 2.58. The zero-order valence-electron chi connectivity index (χ0n) is 11.1. The predicted octanol–water partition coefficient (Wildman–Crippen LogP) is 2.89. The summed E-state index contributed by atoms with van der Waals surface area (Å²) in [6, 6.07) is 5.33. The van der Waals surface area contributed by atoms with Crippen molar-refractivity contribution in [3.8, 4) is 0 Å². The second-order valence-electron chi connectivity index (χ2n) is 4.83. The number of pyridine rings is 1. The van der Waals surface area contributed by atoms with E-state index in [0.717, 1.165) is 35.9 Å². The maximum Gasteiger partial charge on any atom is 0.354 e. The van der Waals surface area contributed by atoms with Gasteiger partial charge in [-0.25, -0.2) is 14.8 Å². The number of hydrogen-bond acceptors (Lipinski definition) is 5. The Morgan fingerprint density at radius 2 is 2.30 bits per heavy atom. The van der Waals surface area contributed by atoms with Crippen molar-refractivity contribution in [3.63, 3.8) is 0 Å². The Labute approximate surface area is 120 Å². The molecule has 1 saturated heterocycles. The third-order valence-electron chi connectivity index (χ3n) is 3.48. The zero-order valence-corrected chi connectivity index (χ0v) is 11.9. The van der Waals surface area contributed by atoms with E-state index < -0.39 is 5.97 Å². The van der Waals surface area contributed by atoms with Crippen LogP contribution in [0.3, 0.4) is 0 Å². The number of anilines is 1. The summed E-state index contributed by atoms with van der Waals surface area (Å²) in [4.78, 5) is 22.0. The minimum atomic E-state index is -0.993. The molecule has 6 heteroatoms. The van der Waals surface area contributed by atoms with Gasteiger partial charge in [-0.15, -0.1) is 11.3 Å². The highest BCUT2D eigenvalue weighted by atomic mass is 32.1. The van der Waals surface area contributed by atoms with Crippen molar-refractivity contribution >= 4 is 23.1 Å². The van der Waals surface area contributed by atoms with Gasteiger partial charge in [-0.05, 0) is 31.9 Å². The van der Waals surface area contributed by atoms with Crippen molar-refractivity contribution in [2.24, 2.45) is 0 Å². The minimum absolute atomic E-state index is 0.0857. The third kappa shape index (κ3) is 2.38. The smallest absolute Gasteiger partial charge is 0.354 e. The van der Waals surface area contributed by atoms with Crippen molar-refractivity contribution in [1.82, 2.24) is 9.97 Å². The third-order valence-corrected chi connectivity index (χ3v) is 4.27. The lowest BCUT2D eigenvalue weighted by atomic mass is 10.1. The van der Waals surface area contributed by atoms with E-state index in [1.54, 1.807) is 17.4 Å². The van der Waals surface area contributed by atoms with E-state index in [0.29, 0.717) is 0 Å². The van der Waals surface area contributed by atoms with Gasteiger partial charge in [0.1, 0.15) is 5.82 Å². The van der Waals surface area contributed by atoms with Gasteiger partial charge in [0.25, 0.3) is 0 Å². The van der Waals surface area contributed by atoms with Crippen LogP contribution in [0.2, 0.25) is 0 Å². The lowest BCUT2D eigenvalue weighted by Crippen LogP contribution is -2.24. The Morgan fingerprint density at radius 3 is 3.00 bits per heavy atom. The number of rotatable bonds is 3. The molecule has 1 aliphatic heterocycles. The molecule has 0 saturated carbocycles. The average Bonchev–Trinajstić information content (AvgIpc) is 3.07. The molecule has 3 heterocycles. The summed E-state index contributed by atoms with van der Waals surface area (Å²) < 4.78 is 0. The molecule has 0 bridgehead atoms. The summed E-state index contributed by atoms with van der Waals surface area (Å²) in [5.41, 5.74) is 1.15. The SMILES string of the molecule is Cc1nc(C2CCCN2c2cccc(C(=O)O)n2)cs1. The normalized spacial score (nSPS) is 18.4. The van der Waals surface area contributed by atoms with Crippen LogP contribution < -0.4 is 4.90 Å². The van der Waals surface area contributed by atoms with Crippen LogP contribution in [0.1, 0.15) is 40.1 Å². The van der Waals surface area contributed by atoms with Gasteiger partial charge in [-0.2, -0.15) is 0 Å². The van der Waals surface area contributed by atoms with E-state index in [1.165, 1.54) is 6.07 Å². The van der Waals surface area contributed by atoms with E-state index in [4.69, 9.17) is 5.11 Å². The molecule has 0 aliphatic carbocycles. The predicted molar refractivity (Wildman–Crippen MR) is 77.4 cm³/mol. The van der Waals surface area contributed by atoms with Crippen LogP contribution in [0, 0.1) is 6.92 Å². The first-order chi connectivity index (χ1) is 9.65. The topological polar surface area (TPSA) is 66.3 Å². The van der Waals surface area contributed by atoms with Crippen LogP contribution in [-0.2, 0) is 0 Å². The summed E-state index contributed by atoms with van der Waals surface area (Å²) in [5.74, 6) is -0.273. The lowest BCUT2D eigenvalue weighted by molar-refractivity contribution is 0.0690. The quantitative estimate of drug-likeness (QED) is 0.941. The Bertz CT molecular complexity index is 641. The molecule has 3 rings (SSSR count). The molecule has 5 nitrogen and oxygen atoms in total. The Morgan fingerprint density at radius 1 is 1.45 bits per heavy atom. The van der Waals surface area contributed by atoms with E-state index in [2.05, 4.69) is 20.2 Å². The van der Waals surface area contributed by atoms with Crippen molar-refractivity contribution in [3.05, 3.63) is 40.0 Å². The van der Waals surface area contributed by atoms with E-state index in [-0.39, 0.29) is 11.7 Å². The van der Waals surface area contributed by atoms with Gasteiger partial charge < -0.3 is 10.0 Å². The standard InChI is InChI=1S/C14H15N3O2S/c1-9-15-11(8-20-9)12-5-3-7-17(12)13-6-2-4-10(16-13)14(18)19/h2,4,6,8,12H,3,5,7H2,1H3,(H,18,19). The number of carboxylic acid groups (broad SMARTS) is 1. The van der Waals surface area contributed by atoms with Gasteiger partial charge in [0, 0.05) is 11.9 Å². The van der Waals surface area contributed by atoms with Gasteiger partial charge in [-0.3, -0.25) is 0 Å². The molecule has 2 aromatic heterocycles. The van der Waals surface area contributed by atoms with Gasteiger partial charge in [-0.1, -0.05) is 6.07 Å². The van der Waals surface area contributed by atoms with Crippen molar-refractivity contribution in [2.75, 3.05) is 11.4 Å². The highest BCUT2D eigenvalue weighted by Gasteiger charge is 2.29. The number of carbonyl (C=O) groups is 1. The number of aryl methyl sites for hydroxylation is 1. The summed E-state index contributed by atoms with van der Waals surface area (Å²) in [6.07, 6.45) is 2.10. The zero-order chi connectivity index (χ0) is 14.1. The van der Waals surface area contributed by atoms with E-state index >= 15 is 0 Å². The number of aromatic nitrogens is 2. The van der Waals surface area contributed by atoms with Gasteiger partial charge in [0.15, 0.2) is 5.69 Å². The molecule has 0 aromatic carbocycles. The van der Waals surface area contributed by atoms with Crippen LogP contribution in [0.4, 0.5) is 5.82 Å². The van der Waals surface area contributed by atoms with Gasteiger partial charge in [0.2, 0.25) is 0 Å². The van der Waals surface area contributed by atoms with Crippen molar-refractivity contribution < 1.29 is 9.90 Å². The first-order valence-electron chi connectivity index (χ1n) is 6.54. The van der Waals surface area contributed by atoms with E-state index in [1.807, 2.05) is 13.0 Å². The second kappa shape index (κ2) is 5.20. The molecule has 20 heavy (non-hydrogen) atoms. The number of hydrogen-bond donors (Lipinski definition) is 1. The van der Waals surface area contributed by atoms with E-state index in [9.17, 15) is 4.79 Å². The summed E-state index contributed by atoms with van der Waals surface area (Å²) in [5, 5.41) is 12.2. The molecule has 0 amide bonds. The molecule has 104 valence electrons. The lowest BCUT2D eigenvalue weighted by Gasteiger charge is -2.24. The Hall–Kier alpha value is -1.95. The fraction of sp³-hybridized carbons (Fsp3) is 0.357. The van der Waals surface area contributed by atoms with Gasteiger partial charge in [0.05, 0.1) is 16.7 Å². The number of nitrogens with zero attached hydrogens (tertiary/aromatic N) is 3. The maximum atomic E-state index is 11.0. The minimum Gasteiger partial charge on any atom is -0.477 e. The molecular weight excluding hydrogens is 274 g/mol. The number of thiazole rings is 1. The molecule has 1 atom stereocenters. The molecule has 1 aliphatic rings. The fourth-order valence-corrected chi connectivity index (χ4v) is 3.24. The average molecular weight is 289 g/mol. The molecule has 0 spiro atoms. The summed E-state index contributed by atoms with van der Waals surface area (Å²) in [7, 11) is 0. The molecule has 1 N–H and O–H groups in total. The van der Waals surface area contributed by atoms with Crippen LogP contribution >= 0.6 is 11.3 Å². The Balaban J connectivity index is 1.92. The number of carboxylic acids is 1. The van der Waals surface area contributed by atoms with Crippen molar-refractivity contribution in [1.29, 1.82) is 0 Å². The summed E-state index contributed by atoms with van der Waals surface area (Å²) >= 11 is 1.64. The monoisotopic (exact) mass is 289 g/mol. The molecule has 0 radical (unpaired) electrons. The van der Waals surface area contributed by atoms with Crippen LogP contribution in [-0.4, -0.2) is 27.6 Å². The molecule has 1 unspecified atom stereocenters. The van der Waals surface area contributed by atoms with Crippen LogP contribution in [0.25, 0.3) is 0 Å². The second-order valence-corrected chi connectivity index (χ2v) is 5.89. The Kier molecular flexibility index (Phi) is 3.40. The van der Waals surface area contributed by atoms with Crippen LogP contribution in [0.5, 0.6) is 0 Å². The van der Waals surface area contributed by atoms with Crippen LogP contribution in [0.15, 0.2) is 23.6 Å². The highest BCUT2D eigenvalue weighted by molar-refractivity contribution is 7.09. The summed E-state index contributed by atoms with van der Waals surface area (Å²) in [6.45, 7) is 2.88. The first kappa shape index (κ1) is 13.1.